The van der Waals surface area contributed by atoms with Crippen LogP contribution >= 0.6 is 0 Å². The molecule has 10 heavy (non-hydrogen) atoms. The first-order valence-electron chi connectivity index (χ1n) is 3.95. The van der Waals surface area contributed by atoms with Crippen LogP contribution in [0.15, 0.2) is 0 Å². The fourth-order valence-corrected chi connectivity index (χ4v) is 0.840. The minimum atomic E-state index is 0.296. The van der Waals surface area contributed by atoms with Gasteiger partial charge in [-0.15, -0.1) is 0 Å². The molecule has 0 aromatic heterocycles. The second-order valence-electron chi connectivity index (χ2n) is 2.31. The Labute approximate surface area is 63.5 Å². The lowest BCUT2D eigenvalue weighted by molar-refractivity contribution is 0.00813. The van der Waals surface area contributed by atoms with E-state index in [1.54, 1.807) is 7.11 Å². The molecule has 0 spiro atoms. The normalized spacial score (nSPS) is 13.5. The van der Waals surface area contributed by atoms with Crippen molar-refractivity contribution in [3.63, 3.8) is 0 Å². The molecule has 62 valence electrons. The van der Waals surface area contributed by atoms with E-state index in [9.17, 15) is 0 Å². The molecule has 0 fully saturated rings. The molecule has 0 N–H and O–H groups in total. The maximum Gasteiger partial charge on any atom is 0.0804 e. The van der Waals surface area contributed by atoms with Crippen LogP contribution in [0.5, 0.6) is 0 Å². The molecule has 2 heteroatoms. The zero-order chi connectivity index (χ0) is 7.82. The second kappa shape index (κ2) is 7.03. The van der Waals surface area contributed by atoms with Crippen LogP contribution in [0.2, 0.25) is 0 Å². The molecule has 0 aliphatic rings. The number of rotatable bonds is 6. The van der Waals surface area contributed by atoms with Gasteiger partial charge in [0.2, 0.25) is 0 Å². The smallest absolute Gasteiger partial charge is 0.0804 e. The summed E-state index contributed by atoms with van der Waals surface area (Å²) in [6.07, 6.45) is 2.55. The summed E-state index contributed by atoms with van der Waals surface area (Å²) in [6.45, 7) is 5.67. The zero-order valence-electron chi connectivity index (χ0n) is 7.22. The summed E-state index contributed by atoms with van der Waals surface area (Å²) in [5.41, 5.74) is 0. The molecular formula is C8H18O2. The van der Waals surface area contributed by atoms with E-state index in [4.69, 9.17) is 9.47 Å². The van der Waals surface area contributed by atoms with Gasteiger partial charge in [0.05, 0.1) is 12.7 Å². The van der Waals surface area contributed by atoms with Crippen molar-refractivity contribution in [3.05, 3.63) is 0 Å². The van der Waals surface area contributed by atoms with Gasteiger partial charge in [-0.1, -0.05) is 13.3 Å². The molecule has 0 rings (SSSR count). The Morgan fingerprint density at radius 3 is 2.40 bits per heavy atom. The molecule has 1 atom stereocenters. The largest absolute Gasteiger partial charge is 0.379 e. The van der Waals surface area contributed by atoms with Crippen LogP contribution in [0.4, 0.5) is 0 Å². The predicted molar refractivity (Wildman–Crippen MR) is 42.2 cm³/mol. The summed E-state index contributed by atoms with van der Waals surface area (Å²) in [7, 11) is 1.74. The van der Waals surface area contributed by atoms with E-state index < -0.39 is 0 Å². The molecule has 0 radical (unpaired) electrons. The van der Waals surface area contributed by atoms with Crippen LogP contribution in [-0.4, -0.2) is 26.4 Å². The lowest BCUT2D eigenvalue weighted by Gasteiger charge is -2.13. The Balaban J connectivity index is 3.21. The number of methoxy groups -OCH3 is 1. The highest BCUT2D eigenvalue weighted by Crippen LogP contribution is 2.00. The van der Waals surface area contributed by atoms with Gasteiger partial charge in [-0.3, -0.25) is 0 Å². The SMILES string of the molecule is CCC[C@@H](COCC)OC. The summed E-state index contributed by atoms with van der Waals surface area (Å²) < 4.78 is 10.4. The van der Waals surface area contributed by atoms with E-state index >= 15 is 0 Å². The van der Waals surface area contributed by atoms with E-state index in [2.05, 4.69) is 6.92 Å². The van der Waals surface area contributed by atoms with Crippen LogP contribution in [0.1, 0.15) is 26.7 Å². The van der Waals surface area contributed by atoms with Crippen LogP contribution < -0.4 is 0 Å². The lowest BCUT2D eigenvalue weighted by atomic mass is 10.2. The first-order chi connectivity index (χ1) is 4.85. The van der Waals surface area contributed by atoms with Crippen molar-refractivity contribution >= 4 is 0 Å². The first-order valence-corrected chi connectivity index (χ1v) is 3.95. The Bertz CT molecular complexity index is 64.3. The van der Waals surface area contributed by atoms with Gasteiger partial charge in [0, 0.05) is 13.7 Å². The molecule has 0 saturated heterocycles. The van der Waals surface area contributed by atoms with E-state index in [1.165, 1.54) is 0 Å². The Hall–Kier alpha value is -0.0800. The first kappa shape index (κ1) is 9.92. The molecule has 0 bridgehead atoms. The highest BCUT2D eigenvalue weighted by atomic mass is 16.5. The van der Waals surface area contributed by atoms with Crippen molar-refractivity contribution in [2.75, 3.05) is 20.3 Å². The molecular weight excluding hydrogens is 128 g/mol. The van der Waals surface area contributed by atoms with Gasteiger partial charge in [0.15, 0.2) is 0 Å². The molecule has 0 aliphatic heterocycles. The van der Waals surface area contributed by atoms with Crippen molar-refractivity contribution < 1.29 is 9.47 Å². The third-order valence-electron chi connectivity index (χ3n) is 1.45. The maximum absolute atomic E-state index is 5.21. The fourth-order valence-electron chi connectivity index (χ4n) is 0.840. The average molecular weight is 146 g/mol. The summed E-state index contributed by atoms with van der Waals surface area (Å²) in [5, 5.41) is 0. The van der Waals surface area contributed by atoms with Crippen molar-refractivity contribution in [2.24, 2.45) is 0 Å². The van der Waals surface area contributed by atoms with Crippen molar-refractivity contribution in [2.45, 2.75) is 32.8 Å². The molecule has 0 amide bonds. The van der Waals surface area contributed by atoms with Gasteiger partial charge >= 0.3 is 0 Å². The van der Waals surface area contributed by atoms with E-state index in [0.29, 0.717) is 6.10 Å². The van der Waals surface area contributed by atoms with E-state index in [1.807, 2.05) is 6.92 Å². The third-order valence-corrected chi connectivity index (χ3v) is 1.45. The quantitative estimate of drug-likeness (QED) is 0.569. The monoisotopic (exact) mass is 146 g/mol. The number of hydrogen-bond acceptors (Lipinski definition) is 2. The van der Waals surface area contributed by atoms with Gasteiger partial charge in [-0.2, -0.15) is 0 Å². The zero-order valence-corrected chi connectivity index (χ0v) is 7.22. The highest BCUT2D eigenvalue weighted by molar-refractivity contribution is 4.53. The molecule has 0 aliphatic carbocycles. The molecule has 0 aromatic rings. The minimum Gasteiger partial charge on any atom is -0.379 e. The maximum atomic E-state index is 5.21. The standard InChI is InChI=1S/C8H18O2/c1-4-6-8(9-3)7-10-5-2/h8H,4-7H2,1-3H3/t8-/m0/s1. The van der Waals surface area contributed by atoms with Crippen LogP contribution in [0, 0.1) is 0 Å². The molecule has 0 heterocycles. The van der Waals surface area contributed by atoms with Gasteiger partial charge in [0.1, 0.15) is 0 Å². The molecule has 0 unspecified atom stereocenters. The van der Waals surface area contributed by atoms with Gasteiger partial charge in [-0.25, -0.2) is 0 Å². The van der Waals surface area contributed by atoms with Gasteiger partial charge in [0.25, 0.3) is 0 Å². The average Bonchev–Trinajstić information content (AvgIpc) is 1.98. The summed E-state index contributed by atoms with van der Waals surface area (Å²) in [5.74, 6) is 0. The second-order valence-corrected chi connectivity index (χ2v) is 2.31. The van der Waals surface area contributed by atoms with E-state index in [-0.39, 0.29) is 0 Å². The van der Waals surface area contributed by atoms with Crippen LogP contribution in [-0.2, 0) is 9.47 Å². The van der Waals surface area contributed by atoms with Gasteiger partial charge < -0.3 is 9.47 Å². The summed E-state index contributed by atoms with van der Waals surface area (Å²) >= 11 is 0. The Morgan fingerprint density at radius 1 is 1.30 bits per heavy atom. The number of hydrogen-bond donors (Lipinski definition) is 0. The van der Waals surface area contributed by atoms with E-state index in [0.717, 1.165) is 26.1 Å². The highest BCUT2D eigenvalue weighted by Gasteiger charge is 2.03. The van der Waals surface area contributed by atoms with Crippen molar-refractivity contribution in [3.8, 4) is 0 Å². The number of ether oxygens (including phenoxy) is 2. The third kappa shape index (κ3) is 4.77. The lowest BCUT2D eigenvalue weighted by Crippen LogP contribution is -2.17. The van der Waals surface area contributed by atoms with Crippen molar-refractivity contribution in [1.82, 2.24) is 0 Å². The van der Waals surface area contributed by atoms with Crippen LogP contribution in [0.25, 0.3) is 0 Å². The minimum absolute atomic E-state index is 0.296. The van der Waals surface area contributed by atoms with Gasteiger partial charge in [-0.05, 0) is 13.3 Å². The van der Waals surface area contributed by atoms with Crippen LogP contribution in [0.3, 0.4) is 0 Å². The predicted octanol–water partition coefficient (Wildman–Crippen LogP) is 1.84. The summed E-state index contributed by atoms with van der Waals surface area (Å²) in [6, 6.07) is 0. The topological polar surface area (TPSA) is 18.5 Å². The fraction of sp³-hybridized carbons (Fsp3) is 1.00. The Morgan fingerprint density at radius 2 is 2.00 bits per heavy atom. The molecule has 2 nitrogen and oxygen atoms in total. The van der Waals surface area contributed by atoms with Crippen molar-refractivity contribution in [1.29, 1.82) is 0 Å². The Kier molecular flexibility index (Phi) is 6.98. The summed E-state index contributed by atoms with van der Waals surface area (Å²) in [4.78, 5) is 0. The molecule has 0 aromatic carbocycles. The molecule has 0 saturated carbocycles.